The third-order valence-corrected chi connectivity index (χ3v) is 1.72. The number of carbonyl (C=O) groups excluding carboxylic acids is 1. The molecule has 82 valence electrons. The van der Waals surface area contributed by atoms with Gasteiger partial charge in [0, 0.05) is 0 Å². The molecule has 0 aliphatic heterocycles. The Hall–Kier alpha value is -1.75. The largest absolute Gasteiger partial charge is 0.507 e. The number of benzene rings is 1. The number of hydrazine groups is 1. The van der Waals surface area contributed by atoms with Gasteiger partial charge in [-0.05, 0) is 32.0 Å². The Kier molecular flexibility index (Phi) is 3.51. The molecule has 1 aromatic carbocycles. The molecule has 0 radical (unpaired) electrons. The minimum Gasteiger partial charge on any atom is -0.507 e. The molecule has 0 aromatic heterocycles. The van der Waals surface area contributed by atoms with E-state index in [0.717, 1.165) is 0 Å². The van der Waals surface area contributed by atoms with Gasteiger partial charge < -0.3 is 9.84 Å². The van der Waals surface area contributed by atoms with Gasteiger partial charge in [0.05, 0.1) is 11.7 Å². The number of nitrogen functional groups attached to an aromatic ring is 1. The number of nitrogens with one attached hydrogen (secondary N) is 1. The van der Waals surface area contributed by atoms with Crippen LogP contribution in [0.1, 0.15) is 24.2 Å². The summed E-state index contributed by atoms with van der Waals surface area (Å²) in [5.41, 5.74) is 2.04. The highest BCUT2D eigenvalue weighted by molar-refractivity contribution is 5.96. The number of rotatable bonds is 3. The van der Waals surface area contributed by atoms with E-state index in [4.69, 9.17) is 10.6 Å². The first kappa shape index (κ1) is 11.3. The SMILES string of the molecule is CC(C)Oc1ccc(O)c(C(=O)NN)c1. The predicted octanol–water partition coefficient (Wildman–Crippen LogP) is 0.783. The maximum Gasteiger partial charge on any atom is 0.269 e. The molecule has 0 bridgehead atoms. The number of amides is 1. The van der Waals surface area contributed by atoms with Crippen LogP contribution in [-0.2, 0) is 0 Å². The molecule has 0 saturated carbocycles. The Balaban J connectivity index is 3.00. The number of carbonyl (C=O) groups is 1. The van der Waals surface area contributed by atoms with Gasteiger partial charge in [0.15, 0.2) is 0 Å². The summed E-state index contributed by atoms with van der Waals surface area (Å²) in [5.74, 6) is 4.80. The average molecular weight is 210 g/mol. The number of phenols is 1. The van der Waals surface area contributed by atoms with Gasteiger partial charge in [0.1, 0.15) is 11.5 Å². The van der Waals surface area contributed by atoms with E-state index in [1.807, 2.05) is 19.3 Å². The van der Waals surface area contributed by atoms with Crippen LogP contribution in [0, 0.1) is 0 Å². The first-order chi connectivity index (χ1) is 7.04. The van der Waals surface area contributed by atoms with Crippen LogP contribution in [-0.4, -0.2) is 17.1 Å². The molecule has 0 atom stereocenters. The lowest BCUT2D eigenvalue weighted by molar-refractivity contribution is 0.0950. The third-order valence-electron chi connectivity index (χ3n) is 1.72. The monoisotopic (exact) mass is 210 g/mol. The van der Waals surface area contributed by atoms with Crippen molar-refractivity contribution in [2.45, 2.75) is 20.0 Å². The van der Waals surface area contributed by atoms with E-state index >= 15 is 0 Å². The Labute approximate surface area is 87.8 Å². The second kappa shape index (κ2) is 4.65. The van der Waals surface area contributed by atoms with Crippen LogP contribution in [0.4, 0.5) is 0 Å². The number of hydrogen-bond donors (Lipinski definition) is 3. The predicted molar refractivity (Wildman–Crippen MR) is 55.5 cm³/mol. The van der Waals surface area contributed by atoms with Gasteiger partial charge in [-0.25, -0.2) is 5.84 Å². The van der Waals surface area contributed by atoms with Crippen molar-refractivity contribution in [3.8, 4) is 11.5 Å². The summed E-state index contributed by atoms with van der Waals surface area (Å²) in [4.78, 5) is 11.2. The van der Waals surface area contributed by atoms with Crippen molar-refractivity contribution in [1.82, 2.24) is 5.43 Å². The first-order valence-electron chi connectivity index (χ1n) is 4.55. The zero-order chi connectivity index (χ0) is 11.4. The molecule has 0 aliphatic rings. The van der Waals surface area contributed by atoms with E-state index in [1.165, 1.54) is 12.1 Å². The molecule has 0 heterocycles. The van der Waals surface area contributed by atoms with E-state index in [9.17, 15) is 9.90 Å². The highest BCUT2D eigenvalue weighted by Crippen LogP contribution is 2.23. The second-order valence-electron chi connectivity index (χ2n) is 3.32. The molecule has 0 fully saturated rings. The van der Waals surface area contributed by atoms with Crippen LogP contribution in [0.25, 0.3) is 0 Å². The molecule has 0 unspecified atom stereocenters. The summed E-state index contributed by atoms with van der Waals surface area (Å²) in [6, 6.07) is 4.42. The minimum absolute atomic E-state index is 0.00308. The zero-order valence-electron chi connectivity index (χ0n) is 8.65. The Bertz CT molecular complexity index is 364. The van der Waals surface area contributed by atoms with Crippen molar-refractivity contribution in [3.05, 3.63) is 23.8 Å². The fourth-order valence-corrected chi connectivity index (χ4v) is 1.12. The van der Waals surface area contributed by atoms with Crippen molar-refractivity contribution in [2.24, 2.45) is 5.84 Å². The lowest BCUT2D eigenvalue weighted by Gasteiger charge is -2.11. The normalized spacial score (nSPS) is 10.1. The lowest BCUT2D eigenvalue weighted by Crippen LogP contribution is -2.30. The van der Waals surface area contributed by atoms with Gasteiger partial charge in [0.25, 0.3) is 5.91 Å². The molecule has 5 heteroatoms. The molecule has 1 amide bonds. The summed E-state index contributed by atoms with van der Waals surface area (Å²) in [5, 5.41) is 9.40. The highest BCUT2D eigenvalue weighted by atomic mass is 16.5. The number of aromatic hydroxyl groups is 1. The molecule has 0 spiro atoms. The van der Waals surface area contributed by atoms with Crippen molar-refractivity contribution in [2.75, 3.05) is 0 Å². The summed E-state index contributed by atoms with van der Waals surface area (Å²) >= 11 is 0. The van der Waals surface area contributed by atoms with E-state index in [-0.39, 0.29) is 17.4 Å². The number of phenolic OH excluding ortho intramolecular Hbond substituents is 1. The second-order valence-corrected chi connectivity index (χ2v) is 3.32. The van der Waals surface area contributed by atoms with Crippen molar-refractivity contribution >= 4 is 5.91 Å². The molecule has 4 N–H and O–H groups in total. The van der Waals surface area contributed by atoms with E-state index in [2.05, 4.69) is 0 Å². The van der Waals surface area contributed by atoms with Crippen molar-refractivity contribution in [3.63, 3.8) is 0 Å². The van der Waals surface area contributed by atoms with Crippen LogP contribution in [0.3, 0.4) is 0 Å². The van der Waals surface area contributed by atoms with Crippen molar-refractivity contribution < 1.29 is 14.6 Å². The van der Waals surface area contributed by atoms with Gasteiger partial charge in [0.2, 0.25) is 0 Å². The highest BCUT2D eigenvalue weighted by Gasteiger charge is 2.11. The van der Waals surface area contributed by atoms with Crippen LogP contribution in [0.15, 0.2) is 18.2 Å². The molecular weight excluding hydrogens is 196 g/mol. The topological polar surface area (TPSA) is 84.6 Å². The lowest BCUT2D eigenvalue weighted by atomic mass is 10.2. The van der Waals surface area contributed by atoms with E-state index in [0.29, 0.717) is 5.75 Å². The van der Waals surface area contributed by atoms with Gasteiger partial charge in [-0.3, -0.25) is 10.2 Å². The van der Waals surface area contributed by atoms with E-state index in [1.54, 1.807) is 6.07 Å². The third kappa shape index (κ3) is 2.85. The maximum atomic E-state index is 11.2. The van der Waals surface area contributed by atoms with Crippen LogP contribution >= 0.6 is 0 Å². The van der Waals surface area contributed by atoms with Gasteiger partial charge in [-0.2, -0.15) is 0 Å². The average Bonchev–Trinajstić information content (AvgIpc) is 2.19. The molecular formula is C10H14N2O3. The van der Waals surface area contributed by atoms with Crippen LogP contribution in [0.5, 0.6) is 11.5 Å². The maximum absolute atomic E-state index is 11.2. The fourth-order valence-electron chi connectivity index (χ4n) is 1.12. The number of ether oxygens (including phenoxy) is 1. The Morgan fingerprint density at radius 3 is 2.73 bits per heavy atom. The molecule has 5 nitrogen and oxygen atoms in total. The summed E-state index contributed by atoms with van der Waals surface area (Å²) in [6.45, 7) is 3.74. The Morgan fingerprint density at radius 1 is 1.53 bits per heavy atom. The van der Waals surface area contributed by atoms with Crippen LogP contribution < -0.4 is 16.0 Å². The summed E-state index contributed by atoms with van der Waals surface area (Å²) < 4.78 is 5.37. The Morgan fingerprint density at radius 2 is 2.20 bits per heavy atom. The van der Waals surface area contributed by atoms with Gasteiger partial charge >= 0.3 is 0 Å². The minimum atomic E-state index is -0.554. The first-order valence-corrected chi connectivity index (χ1v) is 4.55. The van der Waals surface area contributed by atoms with Crippen molar-refractivity contribution in [1.29, 1.82) is 0 Å². The molecule has 0 aliphatic carbocycles. The molecule has 1 rings (SSSR count). The summed E-state index contributed by atoms with van der Waals surface area (Å²) in [7, 11) is 0. The zero-order valence-corrected chi connectivity index (χ0v) is 8.65. The summed E-state index contributed by atoms with van der Waals surface area (Å²) in [6.07, 6.45) is 0.00308. The van der Waals surface area contributed by atoms with Gasteiger partial charge in [-0.15, -0.1) is 0 Å². The molecule has 0 saturated heterocycles. The molecule has 15 heavy (non-hydrogen) atoms. The quantitative estimate of drug-likeness (QED) is 0.391. The van der Waals surface area contributed by atoms with E-state index < -0.39 is 5.91 Å². The smallest absolute Gasteiger partial charge is 0.269 e. The fraction of sp³-hybridized carbons (Fsp3) is 0.300. The number of nitrogens with two attached hydrogens (primary N) is 1. The van der Waals surface area contributed by atoms with Gasteiger partial charge in [-0.1, -0.05) is 0 Å². The van der Waals surface area contributed by atoms with Crippen LogP contribution in [0.2, 0.25) is 0 Å². The number of hydrogen-bond acceptors (Lipinski definition) is 4. The standard InChI is InChI=1S/C10H14N2O3/c1-6(2)15-7-3-4-9(13)8(5-7)10(14)12-11/h3-6,13H,11H2,1-2H3,(H,12,14). The molecule has 1 aromatic rings.